The van der Waals surface area contributed by atoms with Crippen LogP contribution in [0.3, 0.4) is 0 Å². The van der Waals surface area contributed by atoms with Crippen LogP contribution < -0.4 is 4.90 Å². The van der Waals surface area contributed by atoms with Gasteiger partial charge in [0.25, 0.3) is 0 Å². The van der Waals surface area contributed by atoms with Crippen molar-refractivity contribution in [3.63, 3.8) is 0 Å². The third kappa shape index (κ3) is 3.77. The van der Waals surface area contributed by atoms with Gasteiger partial charge in [-0.3, -0.25) is 4.79 Å². The van der Waals surface area contributed by atoms with Gasteiger partial charge in [-0.05, 0) is 38.0 Å². The summed E-state index contributed by atoms with van der Waals surface area (Å²) in [5.74, 6) is -0.174. The molecule has 5 heteroatoms. The number of nitrogens with zero attached hydrogens (tertiary/aromatic N) is 1. The lowest BCUT2D eigenvalue weighted by molar-refractivity contribution is -0.148. The van der Waals surface area contributed by atoms with Crippen molar-refractivity contribution in [1.29, 1.82) is 0 Å². The van der Waals surface area contributed by atoms with Gasteiger partial charge in [0, 0.05) is 28.8 Å². The van der Waals surface area contributed by atoms with Gasteiger partial charge >= 0.3 is 5.97 Å². The summed E-state index contributed by atoms with van der Waals surface area (Å²) in [6, 6.07) is 5.46. The van der Waals surface area contributed by atoms with E-state index in [0.717, 1.165) is 25.1 Å². The first-order chi connectivity index (χ1) is 9.10. The molecule has 1 atom stereocenters. The Morgan fingerprint density at radius 2 is 2.05 bits per heavy atom. The largest absolute Gasteiger partial charge is 0.466 e. The van der Waals surface area contributed by atoms with Crippen LogP contribution in [0, 0.1) is 5.92 Å². The van der Waals surface area contributed by atoms with Crippen LogP contribution in [-0.2, 0) is 9.53 Å². The standard InChI is InChI=1S/C14H17Cl2NO2/c1-2-19-14(18)10-4-3-5-17(9-10)13-7-11(15)6-12(16)8-13/h6-8,10H,2-5,9H2,1H3. The predicted molar refractivity (Wildman–Crippen MR) is 78.0 cm³/mol. The summed E-state index contributed by atoms with van der Waals surface area (Å²) in [5, 5.41) is 1.22. The number of esters is 1. The number of anilines is 1. The van der Waals surface area contributed by atoms with Gasteiger partial charge in [-0.2, -0.15) is 0 Å². The summed E-state index contributed by atoms with van der Waals surface area (Å²) < 4.78 is 5.10. The topological polar surface area (TPSA) is 29.5 Å². The van der Waals surface area contributed by atoms with Crippen LogP contribution in [0.1, 0.15) is 19.8 Å². The van der Waals surface area contributed by atoms with E-state index in [4.69, 9.17) is 27.9 Å². The molecule has 1 aliphatic heterocycles. The lowest BCUT2D eigenvalue weighted by Gasteiger charge is -2.33. The van der Waals surface area contributed by atoms with Crippen molar-refractivity contribution in [3.05, 3.63) is 28.2 Å². The first kappa shape index (κ1) is 14.5. The smallest absolute Gasteiger partial charge is 0.310 e. The zero-order valence-corrected chi connectivity index (χ0v) is 12.4. The maximum atomic E-state index is 11.8. The molecule has 0 radical (unpaired) electrons. The molecular formula is C14H17Cl2NO2. The highest BCUT2D eigenvalue weighted by molar-refractivity contribution is 6.35. The summed E-state index contributed by atoms with van der Waals surface area (Å²) in [7, 11) is 0. The maximum Gasteiger partial charge on any atom is 0.310 e. The Morgan fingerprint density at radius 3 is 2.68 bits per heavy atom. The Bertz CT molecular complexity index is 445. The SMILES string of the molecule is CCOC(=O)C1CCCN(c2cc(Cl)cc(Cl)c2)C1. The minimum atomic E-state index is -0.111. The number of rotatable bonds is 3. The highest BCUT2D eigenvalue weighted by Gasteiger charge is 2.27. The fourth-order valence-corrected chi connectivity index (χ4v) is 2.90. The van der Waals surface area contributed by atoms with E-state index in [9.17, 15) is 4.79 Å². The molecule has 0 N–H and O–H groups in total. The van der Waals surface area contributed by atoms with Crippen LogP contribution in [0.2, 0.25) is 10.0 Å². The summed E-state index contributed by atoms with van der Waals surface area (Å²) in [5.41, 5.74) is 0.964. The van der Waals surface area contributed by atoms with E-state index in [1.807, 2.05) is 19.1 Å². The first-order valence-corrected chi connectivity index (χ1v) is 7.23. The number of carbonyl (C=O) groups excluding carboxylic acids is 1. The number of hydrogen-bond donors (Lipinski definition) is 0. The summed E-state index contributed by atoms with van der Waals surface area (Å²) in [6.07, 6.45) is 1.84. The highest BCUT2D eigenvalue weighted by Crippen LogP contribution is 2.29. The molecule has 0 spiro atoms. The quantitative estimate of drug-likeness (QED) is 0.796. The van der Waals surface area contributed by atoms with Crippen LogP contribution in [0.15, 0.2) is 18.2 Å². The number of benzene rings is 1. The molecule has 0 saturated carbocycles. The summed E-state index contributed by atoms with van der Waals surface area (Å²) in [6.45, 7) is 3.83. The molecule has 1 aromatic rings. The molecule has 3 nitrogen and oxygen atoms in total. The molecule has 19 heavy (non-hydrogen) atoms. The van der Waals surface area contributed by atoms with Crippen molar-refractivity contribution in [2.75, 3.05) is 24.6 Å². The van der Waals surface area contributed by atoms with Crippen molar-refractivity contribution in [2.24, 2.45) is 5.92 Å². The van der Waals surface area contributed by atoms with Crippen molar-refractivity contribution in [3.8, 4) is 0 Å². The van der Waals surface area contributed by atoms with Gasteiger partial charge in [0.1, 0.15) is 0 Å². The second-order valence-corrected chi connectivity index (χ2v) is 5.54. The number of hydrogen-bond acceptors (Lipinski definition) is 3. The van der Waals surface area contributed by atoms with Crippen molar-refractivity contribution in [2.45, 2.75) is 19.8 Å². The third-order valence-electron chi connectivity index (χ3n) is 3.25. The van der Waals surface area contributed by atoms with Crippen LogP contribution in [0.25, 0.3) is 0 Å². The van der Waals surface area contributed by atoms with Crippen LogP contribution in [0.4, 0.5) is 5.69 Å². The zero-order chi connectivity index (χ0) is 13.8. The fraction of sp³-hybridized carbons (Fsp3) is 0.500. The molecule has 2 rings (SSSR count). The molecule has 1 fully saturated rings. The highest BCUT2D eigenvalue weighted by atomic mass is 35.5. The van der Waals surface area contributed by atoms with Gasteiger partial charge in [0.05, 0.1) is 12.5 Å². The average Bonchev–Trinajstić information content (AvgIpc) is 2.38. The lowest BCUT2D eigenvalue weighted by atomic mass is 9.97. The summed E-state index contributed by atoms with van der Waals surface area (Å²) >= 11 is 12.0. The van der Waals surface area contributed by atoms with E-state index in [0.29, 0.717) is 23.2 Å². The van der Waals surface area contributed by atoms with Gasteiger partial charge in [-0.1, -0.05) is 23.2 Å². The van der Waals surface area contributed by atoms with E-state index >= 15 is 0 Å². The van der Waals surface area contributed by atoms with Gasteiger partial charge in [0.15, 0.2) is 0 Å². The number of halogens is 2. The van der Waals surface area contributed by atoms with Crippen molar-refractivity contribution in [1.82, 2.24) is 0 Å². The van der Waals surface area contributed by atoms with Crippen molar-refractivity contribution < 1.29 is 9.53 Å². The molecule has 1 aliphatic rings. The first-order valence-electron chi connectivity index (χ1n) is 6.48. The fourth-order valence-electron chi connectivity index (χ4n) is 2.39. The Kier molecular flexibility index (Phi) is 4.94. The van der Waals surface area contributed by atoms with E-state index in [1.54, 1.807) is 6.07 Å². The summed E-state index contributed by atoms with van der Waals surface area (Å²) in [4.78, 5) is 13.9. The number of ether oxygens (including phenoxy) is 1. The van der Waals surface area contributed by atoms with Crippen LogP contribution in [0.5, 0.6) is 0 Å². The van der Waals surface area contributed by atoms with E-state index in [1.165, 1.54) is 0 Å². The number of piperidine rings is 1. The second-order valence-electron chi connectivity index (χ2n) is 4.66. The van der Waals surface area contributed by atoms with Gasteiger partial charge in [-0.15, -0.1) is 0 Å². The normalized spacial score (nSPS) is 19.3. The minimum absolute atomic E-state index is 0.0635. The lowest BCUT2D eigenvalue weighted by Crippen LogP contribution is -2.39. The Labute approximate surface area is 123 Å². The van der Waals surface area contributed by atoms with E-state index < -0.39 is 0 Å². The minimum Gasteiger partial charge on any atom is -0.466 e. The Morgan fingerprint density at radius 1 is 1.37 bits per heavy atom. The third-order valence-corrected chi connectivity index (χ3v) is 3.69. The van der Waals surface area contributed by atoms with Gasteiger partial charge < -0.3 is 9.64 Å². The average molecular weight is 302 g/mol. The van der Waals surface area contributed by atoms with E-state index in [2.05, 4.69) is 4.90 Å². The molecule has 0 aromatic heterocycles. The van der Waals surface area contributed by atoms with Gasteiger partial charge in [0.2, 0.25) is 0 Å². The molecule has 1 unspecified atom stereocenters. The Balaban J connectivity index is 2.10. The van der Waals surface area contributed by atoms with Gasteiger partial charge in [-0.25, -0.2) is 0 Å². The molecular weight excluding hydrogens is 285 g/mol. The Hall–Kier alpha value is -0.930. The molecule has 1 aromatic carbocycles. The molecule has 1 heterocycles. The van der Waals surface area contributed by atoms with Crippen LogP contribution in [-0.4, -0.2) is 25.7 Å². The molecule has 0 amide bonds. The molecule has 0 aliphatic carbocycles. The molecule has 104 valence electrons. The zero-order valence-electron chi connectivity index (χ0n) is 10.9. The van der Waals surface area contributed by atoms with Crippen molar-refractivity contribution >= 4 is 34.9 Å². The van der Waals surface area contributed by atoms with Crippen LogP contribution >= 0.6 is 23.2 Å². The van der Waals surface area contributed by atoms with E-state index in [-0.39, 0.29) is 11.9 Å². The molecule has 1 saturated heterocycles. The molecule has 0 bridgehead atoms. The maximum absolute atomic E-state index is 11.8. The predicted octanol–water partition coefficient (Wildman–Crippen LogP) is 3.77. The number of carbonyl (C=O) groups is 1. The second kappa shape index (κ2) is 6.49. The monoisotopic (exact) mass is 301 g/mol.